The lowest BCUT2D eigenvalue weighted by Gasteiger charge is -2.27. The fraction of sp³-hybridized carbons (Fsp3) is 0.350. The summed E-state index contributed by atoms with van der Waals surface area (Å²) in [5.74, 6) is 0.874. The molecule has 25 heavy (non-hydrogen) atoms. The lowest BCUT2D eigenvalue weighted by Crippen LogP contribution is -2.30. The first kappa shape index (κ1) is 15.8. The van der Waals surface area contributed by atoms with E-state index in [2.05, 4.69) is 35.2 Å². The van der Waals surface area contributed by atoms with E-state index < -0.39 is 0 Å². The minimum absolute atomic E-state index is 0.321. The van der Waals surface area contributed by atoms with Crippen molar-refractivity contribution in [2.45, 2.75) is 39.2 Å². The van der Waals surface area contributed by atoms with Crippen LogP contribution in [0.5, 0.6) is 0 Å². The Kier molecular flexibility index (Phi) is 3.60. The first-order valence-corrected chi connectivity index (χ1v) is 8.68. The largest absolute Gasteiger partial charge is 0.359 e. The standard InChI is InChI=1S/C20H23N5/c1-13-7-5-9-16(22-13)23-20(2,3)19-15-11-10-14-8-6-12-21-17(14)18(15)25(4)24-19/h5-9,12H,10-11H2,1-4H3,(H,22,23). The second-order valence-electron chi connectivity index (χ2n) is 7.22. The Morgan fingerprint density at radius 3 is 2.76 bits per heavy atom. The Balaban J connectivity index is 1.77. The average Bonchev–Trinajstić information content (AvgIpc) is 2.93. The normalized spacial score (nSPS) is 13.3. The molecule has 0 spiro atoms. The molecule has 0 saturated heterocycles. The molecule has 0 bridgehead atoms. The highest BCUT2D eigenvalue weighted by molar-refractivity contribution is 5.68. The zero-order valence-electron chi connectivity index (χ0n) is 15.2. The van der Waals surface area contributed by atoms with Crippen molar-refractivity contribution in [1.29, 1.82) is 0 Å². The third-order valence-electron chi connectivity index (χ3n) is 4.83. The van der Waals surface area contributed by atoms with Gasteiger partial charge in [0.1, 0.15) is 5.82 Å². The summed E-state index contributed by atoms with van der Waals surface area (Å²) in [6.45, 7) is 6.32. The van der Waals surface area contributed by atoms with Crippen LogP contribution in [0.3, 0.4) is 0 Å². The summed E-state index contributed by atoms with van der Waals surface area (Å²) in [7, 11) is 2.01. The molecule has 0 atom stereocenters. The minimum Gasteiger partial charge on any atom is -0.359 e. The summed E-state index contributed by atoms with van der Waals surface area (Å²) in [4.78, 5) is 9.20. The molecule has 5 heteroatoms. The van der Waals surface area contributed by atoms with Gasteiger partial charge in [-0.25, -0.2) is 4.98 Å². The van der Waals surface area contributed by atoms with Gasteiger partial charge >= 0.3 is 0 Å². The molecule has 4 rings (SSSR count). The van der Waals surface area contributed by atoms with Gasteiger partial charge < -0.3 is 5.32 Å². The van der Waals surface area contributed by atoms with E-state index in [1.54, 1.807) is 0 Å². The summed E-state index contributed by atoms with van der Waals surface area (Å²) < 4.78 is 1.97. The summed E-state index contributed by atoms with van der Waals surface area (Å²) in [5.41, 5.74) is 6.55. The van der Waals surface area contributed by atoms with Crippen LogP contribution >= 0.6 is 0 Å². The number of nitrogens with one attached hydrogen (secondary N) is 1. The van der Waals surface area contributed by atoms with Crippen molar-refractivity contribution in [2.75, 3.05) is 5.32 Å². The van der Waals surface area contributed by atoms with Gasteiger partial charge in [0, 0.05) is 24.5 Å². The van der Waals surface area contributed by atoms with E-state index >= 15 is 0 Å². The highest BCUT2D eigenvalue weighted by atomic mass is 15.3. The Labute approximate surface area is 148 Å². The lowest BCUT2D eigenvalue weighted by atomic mass is 9.87. The van der Waals surface area contributed by atoms with E-state index in [0.29, 0.717) is 0 Å². The molecule has 3 heterocycles. The van der Waals surface area contributed by atoms with Gasteiger partial charge in [-0.05, 0) is 57.4 Å². The summed E-state index contributed by atoms with van der Waals surface area (Å²) in [6.07, 6.45) is 3.86. The molecule has 0 radical (unpaired) electrons. The predicted molar refractivity (Wildman–Crippen MR) is 99.5 cm³/mol. The maximum absolute atomic E-state index is 4.87. The molecular formula is C20H23N5. The van der Waals surface area contributed by atoms with Crippen LogP contribution in [0.4, 0.5) is 5.82 Å². The third-order valence-corrected chi connectivity index (χ3v) is 4.83. The van der Waals surface area contributed by atoms with Gasteiger partial charge in [0.15, 0.2) is 0 Å². The molecule has 1 N–H and O–H groups in total. The van der Waals surface area contributed by atoms with Gasteiger partial charge in [-0.2, -0.15) is 5.10 Å². The van der Waals surface area contributed by atoms with Gasteiger partial charge in [0.25, 0.3) is 0 Å². The van der Waals surface area contributed by atoms with E-state index in [4.69, 9.17) is 5.10 Å². The maximum atomic E-state index is 4.87. The van der Waals surface area contributed by atoms with Crippen LogP contribution in [0, 0.1) is 6.92 Å². The number of fused-ring (bicyclic) bond motifs is 3. The number of anilines is 1. The van der Waals surface area contributed by atoms with E-state index in [1.165, 1.54) is 11.1 Å². The number of pyridine rings is 2. The van der Waals surface area contributed by atoms with Crippen LogP contribution in [0.25, 0.3) is 11.4 Å². The van der Waals surface area contributed by atoms with Crippen molar-refractivity contribution in [3.63, 3.8) is 0 Å². The first-order chi connectivity index (χ1) is 12.0. The van der Waals surface area contributed by atoms with Crippen molar-refractivity contribution in [3.8, 4) is 11.4 Å². The molecule has 0 aliphatic heterocycles. The molecule has 0 unspecified atom stereocenters. The molecule has 0 saturated carbocycles. The molecule has 1 aliphatic rings. The van der Waals surface area contributed by atoms with Crippen molar-refractivity contribution >= 4 is 5.82 Å². The van der Waals surface area contributed by atoms with E-state index in [9.17, 15) is 0 Å². The fourth-order valence-electron chi connectivity index (χ4n) is 3.71. The Bertz CT molecular complexity index is 939. The quantitative estimate of drug-likeness (QED) is 0.795. The van der Waals surface area contributed by atoms with Crippen molar-refractivity contribution in [1.82, 2.24) is 19.7 Å². The molecule has 1 aliphatic carbocycles. The number of rotatable bonds is 3. The highest BCUT2D eigenvalue weighted by Gasteiger charge is 2.33. The highest BCUT2D eigenvalue weighted by Crippen LogP contribution is 2.37. The molecule has 5 nitrogen and oxygen atoms in total. The molecule has 0 amide bonds. The maximum Gasteiger partial charge on any atom is 0.126 e. The van der Waals surface area contributed by atoms with Crippen LogP contribution in [0.1, 0.15) is 36.4 Å². The summed E-state index contributed by atoms with van der Waals surface area (Å²) >= 11 is 0. The molecule has 3 aromatic heterocycles. The summed E-state index contributed by atoms with van der Waals surface area (Å²) in [5, 5.41) is 8.42. The van der Waals surface area contributed by atoms with Gasteiger partial charge in [0.05, 0.1) is 22.6 Å². The van der Waals surface area contributed by atoms with Crippen LogP contribution < -0.4 is 5.32 Å². The number of aryl methyl sites for hydroxylation is 3. The molecule has 3 aromatic rings. The van der Waals surface area contributed by atoms with Gasteiger partial charge in [-0.1, -0.05) is 12.1 Å². The molecule has 0 aromatic carbocycles. The SMILES string of the molecule is Cc1cccc(NC(C)(C)c2nn(C)c3c2CCc2cccnc2-3)n1. The Morgan fingerprint density at radius 1 is 1.12 bits per heavy atom. The topological polar surface area (TPSA) is 55.6 Å². The van der Waals surface area contributed by atoms with Crippen molar-refractivity contribution in [2.24, 2.45) is 7.05 Å². The molecule has 128 valence electrons. The van der Waals surface area contributed by atoms with Crippen LogP contribution in [-0.2, 0) is 25.4 Å². The Hall–Kier alpha value is -2.69. The lowest BCUT2D eigenvalue weighted by molar-refractivity contribution is 0.562. The zero-order valence-corrected chi connectivity index (χ0v) is 15.2. The van der Waals surface area contributed by atoms with Gasteiger partial charge in [-0.3, -0.25) is 9.67 Å². The Morgan fingerprint density at radius 2 is 1.96 bits per heavy atom. The number of hydrogen-bond acceptors (Lipinski definition) is 4. The van der Waals surface area contributed by atoms with E-state index in [-0.39, 0.29) is 5.54 Å². The average molecular weight is 333 g/mol. The van der Waals surface area contributed by atoms with Crippen LogP contribution in [0.15, 0.2) is 36.5 Å². The first-order valence-electron chi connectivity index (χ1n) is 8.68. The number of nitrogens with zero attached hydrogens (tertiary/aromatic N) is 4. The number of aromatic nitrogens is 4. The smallest absolute Gasteiger partial charge is 0.126 e. The summed E-state index contributed by atoms with van der Waals surface area (Å²) in [6, 6.07) is 10.2. The fourth-order valence-corrected chi connectivity index (χ4v) is 3.71. The monoisotopic (exact) mass is 333 g/mol. The number of hydrogen-bond donors (Lipinski definition) is 1. The predicted octanol–water partition coefficient (Wildman–Crippen LogP) is 3.63. The van der Waals surface area contributed by atoms with E-state index in [0.717, 1.165) is 41.4 Å². The minimum atomic E-state index is -0.321. The van der Waals surface area contributed by atoms with Crippen LogP contribution in [-0.4, -0.2) is 19.7 Å². The second-order valence-corrected chi connectivity index (χ2v) is 7.22. The second kappa shape index (κ2) is 5.69. The van der Waals surface area contributed by atoms with Crippen molar-refractivity contribution in [3.05, 3.63) is 59.0 Å². The van der Waals surface area contributed by atoms with Gasteiger partial charge in [-0.15, -0.1) is 0 Å². The van der Waals surface area contributed by atoms with Crippen molar-refractivity contribution < 1.29 is 0 Å². The third kappa shape index (κ3) is 2.69. The zero-order chi connectivity index (χ0) is 17.6. The van der Waals surface area contributed by atoms with Gasteiger partial charge in [0.2, 0.25) is 0 Å². The molecule has 0 fully saturated rings. The van der Waals surface area contributed by atoms with E-state index in [1.807, 2.05) is 49.1 Å². The van der Waals surface area contributed by atoms with Crippen LogP contribution in [0.2, 0.25) is 0 Å². The molecular weight excluding hydrogens is 310 g/mol.